The first-order valence-corrected chi connectivity index (χ1v) is 7.89. The van der Waals surface area contributed by atoms with Crippen LogP contribution in [0.1, 0.15) is 45.0 Å². The Labute approximate surface area is 120 Å². The lowest BCUT2D eigenvalue weighted by atomic mass is 9.98. The lowest BCUT2D eigenvalue weighted by Gasteiger charge is -2.30. The molecule has 4 heteroatoms. The molecule has 1 heterocycles. The summed E-state index contributed by atoms with van der Waals surface area (Å²) in [5.41, 5.74) is 0. The second kappa shape index (κ2) is 8.16. The third-order valence-electron chi connectivity index (χ3n) is 2.86. The average molecular weight is 290 g/mol. The van der Waals surface area contributed by atoms with Gasteiger partial charge in [0.2, 0.25) is 0 Å². The minimum Gasteiger partial charge on any atom is -0.376 e. The molecular weight excluding hydrogens is 266 g/mol. The van der Waals surface area contributed by atoms with E-state index in [0.717, 1.165) is 23.9 Å². The van der Waals surface area contributed by atoms with Gasteiger partial charge in [0.1, 0.15) is 0 Å². The SMILES string of the molecule is CCCNC(c1ccc(Cl)s1)C(OCC)C(C)C. The smallest absolute Gasteiger partial charge is 0.0931 e. The van der Waals surface area contributed by atoms with Crippen molar-refractivity contribution in [1.82, 2.24) is 5.32 Å². The van der Waals surface area contributed by atoms with Gasteiger partial charge in [0.25, 0.3) is 0 Å². The zero-order chi connectivity index (χ0) is 13.5. The summed E-state index contributed by atoms with van der Waals surface area (Å²) < 4.78 is 6.77. The van der Waals surface area contributed by atoms with Crippen LogP contribution in [0.4, 0.5) is 0 Å². The number of rotatable bonds is 8. The maximum Gasteiger partial charge on any atom is 0.0931 e. The van der Waals surface area contributed by atoms with Gasteiger partial charge in [-0.2, -0.15) is 0 Å². The van der Waals surface area contributed by atoms with E-state index in [4.69, 9.17) is 16.3 Å². The van der Waals surface area contributed by atoms with Gasteiger partial charge in [-0.25, -0.2) is 0 Å². The van der Waals surface area contributed by atoms with Crippen LogP contribution in [-0.4, -0.2) is 19.3 Å². The Balaban J connectivity index is 2.87. The Morgan fingerprint density at radius 3 is 2.50 bits per heavy atom. The first-order valence-electron chi connectivity index (χ1n) is 6.70. The van der Waals surface area contributed by atoms with Crippen molar-refractivity contribution < 1.29 is 4.74 Å². The fourth-order valence-electron chi connectivity index (χ4n) is 2.04. The highest BCUT2D eigenvalue weighted by molar-refractivity contribution is 7.16. The molecule has 0 aliphatic rings. The molecule has 0 aromatic carbocycles. The zero-order valence-electron chi connectivity index (χ0n) is 11.7. The molecule has 1 N–H and O–H groups in total. The number of hydrogen-bond donors (Lipinski definition) is 1. The molecule has 2 unspecified atom stereocenters. The summed E-state index contributed by atoms with van der Waals surface area (Å²) in [6.45, 7) is 10.4. The number of hydrogen-bond acceptors (Lipinski definition) is 3. The molecule has 1 rings (SSSR count). The molecule has 0 aliphatic heterocycles. The van der Waals surface area contributed by atoms with Crippen LogP contribution in [0, 0.1) is 5.92 Å². The Morgan fingerprint density at radius 2 is 2.06 bits per heavy atom. The molecule has 0 radical (unpaired) electrons. The van der Waals surface area contributed by atoms with Crippen LogP contribution in [0.2, 0.25) is 4.34 Å². The van der Waals surface area contributed by atoms with E-state index >= 15 is 0 Å². The summed E-state index contributed by atoms with van der Waals surface area (Å²) in [5.74, 6) is 0.472. The molecule has 0 aliphatic carbocycles. The summed E-state index contributed by atoms with van der Waals surface area (Å²) in [4.78, 5) is 1.26. The molecule has 0 fully saturated rings. The number of thiophene rings is 1. The van der Waals surface area contributed by atoms with Crippen molar-refractivity contribution in [1.29, 1.82) is 0 Å². The maximum absolute atomic E-state index is 6.05. The van der Waals surface area contributed by atoms with Crippen LogP contribution in [0.3, 0.4) is 0 Å². The normalized spacial score (nSPS) is 15.0. The minimum atomic E-state index is 0.191. The standard InChI is InChI=1S/C14H24ClNOS/c1-5-9-16-13(11-7-8-12(15)18-11)14(10(3)4)17-6-2/h7-8,10,13-14,16H,5-6,9H2,1-4H3. The van der Waals surface area contributed by atoms with E-state index in [-0.39, 0.29) is 12.1 Å². The van der Waals surface area contributed by atoms with Crippen molar-refractivity contribution >= 4 is 22.9 Å². The first kappa shape index (κ1) is 16.0. The van der Waals surface area contributed by atoms with Crippen molar-refractivity contribution in [2.75, 3.05) is 13.2 Å². The predicted octanol–water partition coefficient (Wildman–Crippen LogP) is 4.50. The van der Waals surface area contributed by atoms with Crippen molar-refractivity contribution in [3.8, 4) is 0 Å². The Morgan fingerprint density at radius 1 is 1.33 bits per heavy atom. The third-order valence-corrected chi connectivity index (χ3v) is 4.17. The summed E-state index contributed by atoms with van der Waals surface area (Å²) in [6, 6.07) is 4.31. The number of ether oxygens (including phenoxy) is 1. The van der Waals surface area contributed by atoms with Gasteiger partial charge in [-0.05, 0) is 37.9 Å². The molecule has 2 atom stereocenters. The Kier molecular flexibility index (Phi) is 7.23. The molecule has 1 aromatic heterocycles. The number of nitrogens with one attached hydrogen (secondary N) is 1. The lowest BCUT2D eigenvalue weighted by Crippen LogP contribution is -2.37. The van der Waals surface area contributed by atoms with Crippen molar-refractivity contribution in [3.63, 3.8) is 0 Å². The molecule has 0 amide bonds. The van der Waals surface area contributed by atoms with Crippen LogP contribution in [0.25, 0.3) is 0 Å². The zero-order valence-corrected chi connectivity index (χ0v) is 13.3. The van der Waals surface area contributed by atoms with E-state index in [0.29, 0.717) is 5.92 Å². The van der Waals surface area contributed by atoms with E-state index in [2.05, 4.69) is 32.2 Å². The topological polar surface area (TPSA) is 21.3 Å². The van der Waals surface area contributed by atoms with Gasteiger partial charge in [0.05, 0.1) is 16.5 Å². The van der Waals surface area contributed by atoms with Gasteiger partial charge < -0.3 is 10.1 Å². The first-order chi connectivity index (χ1) is 8.60. The monoisotopic (exact) mass is 289 g/mol. The highest BCUT2D eigenvalue weighted by atomic mass is 35.5. The molecular formula is C14H24ClNOS. The highest BCUT2D eigenvalue weighted by Crippen LogP contribution is 2.32. The van der Waals surface area contributed by atoms with Crippen molar-refractivity contribution in [2.24, 2.45) is 5.92 Å². The van der Waals surface area contributed by atoms with E-state index < -0.39 is 0 Å². The molecule has 104 valence electrons. The van der Waals surface area contributed by atoms with Gasteiger partial charge in [0, 0.05) is 11.5 Å². The van der Waals surface area contributed by atoms with E-state index in [1.54, 1.807) is 11.3 Å². The summed E-state index contributed by atoms with van der Waals surface area (Å²) in [7, 11) is 0. The van der Waals surface area contributed by atoms with Crippen LogP contribution >= 0.6 is 22.9 Å². The van der Waals surface area contributed by atoms with E-state index in [9.17, 15) is 0 Å². The predicted molar refractivity (Wildman–Crippen MR) is 80.6 cm³/mol. The molecule has 1 aromatic rings. The van der Waals surface area contributed by atoms with Crippen LogP contribution in [0.5, 0.6) is 0 Å². The fraction of sp³-hybridized carbons (Fsp3) is 0.714. The minimum absolute atomic E-state index is 0.191. The molecule has 0 saturated heterocycles. The summed E-state index contributed by atoms with van der Waals surface area (Å²) in [5, 5.41) is 3.59. The maximum atomic E-state index is 6.05. The molecule has 2 nitrogen and oxygen atoms in total. The van der Waals surface area contributed by atoms with Crippen LogP contribution in [0.15, 0.2) is 12.1 Å². The van der Waals surface area contributed by atoms with E-state index in [1.165, 1.54) is 4.88 Å². The van der Waals surface area contributed by atoms with Gasteiger partial charge in [-0.1, -0.05) is 32.4 Å². The molecule has 0 spiro atoms. The summed E-state index contributed by atoms with van der Waals surface area (Å²) in [6.07, 6.45) is 1.31. The van der Waals surface area contributed by atoms with Gasteiger partial charge in [0.15, 0.2) is 0 Å². The summed E-state index contributed by atoms with van der Waals surface area (Å²) >= 11 is 7.69. The van der Waals surface area contributed by atoms with Crippen LogP contribution < -0.4 is 5.32 Å². The third kappa shape index (κ3) is 4.54. The molecule has 0 saturated carbocycles. The van der Waals surface area contributed by atoms with Gasteiger partial charge >= 0.3 is 0 Å². The average Bonchev–Trinajstić information content (AvgIpc) is 2.74. The van der Waals surface area contributed by atoms with E-state index in [1.807, 2.05) is 13.0 Å². The fourth-order valence-corrected chi connectivity index (χ4v) is 3.21. The van der Waals surface area contributed by atoms with Gasteiger partial charge in [-0.3, -0.25) is 0 Å². The Hall–Kier alpha value is -0.0900. The number of halogens is 1. The highest BCUT2D eigenvalue weighted by Gasteiger charge is 2.27. The Bertz CT molecular complexity index is 340. The molecule has 18 heavy (non-hydrogen) atoms. The molecule has 0 bridgehead atoms. The largest absolute Gasteiger partial charge is 0.376 e. The van der Waals surface area contributed by atoms with Gasteiger partial charge in [-0.15, -0.1) is 11.3 Å². The van der Waals surface area contributed by atoms with Crippen molar-refractivity contribution in [3.05, 3.63) is 21.3 Å². The van der Waals surface area contributed by atoms with Crippen LogP contribution in [-0.2, 0) is 4.74 Å². The lowest BCUT2D eigenvalue weighted by molar-refractivity contribution is 0.00368. The second-order valence-corrected chi connectivity index (χ2v) is 6.48. The second-order valence-electron chi connectivity index (χ2n) is 4.74. The van der Waals surface area contributed by atoms with Crippen molar-refractivity contribution in [2.45, 2.75) is 46.3 Å². The quantitative estimate of drug-likeness (QED) is 0.760.